The number of hydrogen-bond acceptors (Lipinski definition) is 5. The second-order valence-corrected chi connectivity index (χ2v) is 9.54. The number of nitrogens with one attached hydrogen (secondary N) is 1. The van der Waals surface area contributed by atoms with Crippen LogP contribution < -0.4 is 15.2 Å². The molecule has 1 unspecified atom stereocenters. The number of carbonyl (C=O) groups is 1. The molecule has 1 heterocycles. The van der Waals surface area contributed by atoms with E-state index in [0.29, 0.717) is 23.3 Å². The van der Waals surface area contributed by atoms with Crippen LogP contribution in [0.1, 0.15) is 51.8 Å². The third-order valence-corrected chi connectivity index (χ3v) is 5.58. The minimum atomic E-state index is -1.31. The number of hydrogen-bond donors (Lipinski definition) is 2. The topological polar surface area (TPSA) is 96.6 Å². The van der Waals surface area contributed by atoms with Gasteiger partial charge < -0.3 is 19.8 Å². The average Bonchev–Trinajstić information content (AvgIpc) is 2.80. The Kier molecular flexibility index (Phi) is 5.56. The fourth-order valence-corrected chi connectivity index (χ4v) is 3.44. The van der Waals surface area contributed by atoms with Gasteiger partial charge in [0.1, 0.15) is 28.5 Å². The van der Waals surface area contributed by atoms with Gasteiger partial charge in [-0.15, -0.1) is 4.72 Å². The number of benzene rings is 1. The fraction of sp³-hybridized carbons (Fsp3) is 0.588. The molecule has 140 valence electrons. The van der Waals surface area contributed by atoms with Crippen LogP contribution in [0.4, 0.5) is 9.18 Å². The number of amides is 1. The third-order valence-electron chi connectivity index (χ3n) is 3.90. The SMILES string of the molecule is C[C@@H](N[S+]([O-])C(C)(C)C)c1cc(F)cc2c1O[C@@](C)(COC(N)=O)C2. The maximum absolute atomic E-state index is 14.1. The van der Waals surface area contributed by atoms with Crippen LogP contribution in [0.5, 0.6) is 5.75 Å². The monoisotopic (exact) mass is 372 g/mol. The van der Waals surface area contributed by atoms with Crippen LogP contribution in [0.2, 0.25) is 0 Å². The Balaban J connectivity index is 2.25. The standard InChI is InChI=1S/C17H25FN2O4S/c1-10(20-25(22)16(2,3)4)13-7-12(18)6-11-8-17(5,24-14(11)13)9-23-15(19)21/h6-7,10,20H,8-9H2,1-5H3,(H2,19,21)/t10-,17-,25?/m1/s1. The van der Waals surface area contributed by atoms with Gasteiger partial charge in [0, 0.05) is 28.9 Å². The Morgan fingerprint density at radius 2 is 2.20 bits per heavy atom. The van der Waals surface area contributed by atoms with Crippen molar-refractivity contribution >= 4 is 17.5 Å². The lowest BCUT2D eigenvalue weighted by Crippen LogP contribution is -2.41. The van der Waals surface area contributed by atoms with Gasteiger partial charge in [-0.25, -0.2) is 9.18 Å². The van der Waals surface area contributed by atoms with Crippen molar-refractivity contribution in [3.8, 4) is 5.75 Å². The van der Waals surface area contributed by atoms with Crippen molar-refractivity contribution in [1.29, 1.82) is 0 Å². The first-order valence-corrected chi connectivity index (χ1v) is 9.18. The number of ether oxygens (including phenoxy) is 2. The van der Waals surface area contributed by atoms with E-state index in [4.69, 9.17) is 15.2 Å². The normalized spacial score (nSPS) is 22.0. The summed E-state index contributed by atoms with van der Waals surface area (Å²) in [5.41, 5.74) is 5.46. The minimum Gasteiger partial charge on any atom is -0.598 e. The molecular weight excluding hydrogens is 347 g/mol. The van der Waals surface area contributed by atoms with E-state index in [2.05, 4.69) is 4.72 Å². The first-order chi connectivity index (χ1) is 11.4. The van der Waals surface area contributed by atoms with Crippen LogP contribution in [0.15, 0.2) is 12.1 Å². The molecule has 3 N–H and O–H groups in total. The van der Waals surface area contributed by atoms with Crippen LogP contribution in [-0.4, -0.2) is 27.6 Å². The van der Waals surface area contributed by atoms with Crippen molar-refractivity contribution in [3.05, 3.63) is 29.1 Å². The Hall–Kier alpha value is -1.51. The summed E-state index contributed by atoms with van der Waals surface area (Å²) in [7, 11) is 0. The summed E-state index contributed by atoms with van der Waals surface area (Å²) < 4.78 is 39.8. The van der Waals surface area contributed by atoms with Crippen molar-refractivity contribution in [2.45, 2.75) is 57.4 Å². The van der Waals surface area contributed by atoms with Gasteiger partial charge in [-0.05, 0) is 46.8 Å². The van der Waals surface area contributed by atoms with Gasteiger partial charge in [0.05, 0.1) is 6.04 Å². The van der Waals surface area contributed by atoms with Crippen molar-refractivity contribution in [2.75, 3.05) is 6.61 Å². The highest BCUT2D eigenvalue weighted by molar-refractivity contribution is 7.90. The number of nitrogens with two attached hydrogens (primary N) is 1. The van der Waals surface area contributed by atoms with Gasteiger partial charge in [0.25, 0.3) is 0 Å². The quantitative estimate of drug-likeness (QED) is 0.775. The zero-order chi connectivity index (χ0) is 19.0. The number of carbonyl (C=O) groups excluding carboxylic acids is 1. The van der Waals surface area contributed by atoms with E-state index in [1.807, 2.05) is 20.8 Å². The number of rotatable bonds is 5. The molecule has 6 nitrogen and oxygen atoms in total. The second kappa shape index (κ2) is 7.01. The molecule has 25 heavy (non-hydrogen) atoms. The summed E-state index contributed by atoms with van der Waals surface area (Å²) in [4.78, 5) is 10.9. The average molecular weight is 372 g/mol. The van der Waals surface area contributed by atoms with Crippen molar-refractivity contribution in [3.63, 3.8) is 0 Å². The molecule has 1 aliphatic rings. The first kappa shape index (κ1) is 19.8. The van der Waals surface area contributed by atoms with E-state index in [9.17, 15) is 13.7 Å². The molecule has 3 atom stereocenters. The summed E-state index contributed by atoms with van der Waals surface area (Å²) in [6.45, 7) is 9.10. The number of fused-ring (bicyclic) bond motifs is 1. The predicted molar refractivity (Wildman–Crippen MR) is 94.1 cm³/mol. The zero-order valence-corrected chi connectivity index (χ0v) is 16.0. The molecule has 2 rings (SSSR count). The maximum Gasteiger partial charge on any atom is 0.404 e. The highest BCUT2D eigenvalue weighted by atomic mass is 32.2. The fourth-order valence-electron chi connectivity index (χ4n) is 2.64. The van der Waals surface area contributed by atoms with E-state index in [1.165, 1.54) is 12.1 Å². The smallest absolute Gasteiger partial charge is 0.404 e. The highest BCUT2D eigenvalue weighted by Gasteiger charge is 2.39. The van der Waals surface area contributed by atoms with E-state index < -0.39 is 33.6 Å². The predicted octanol–water partition coefficient (Wildman–Crippen LogP) is 2.73. The molecular formula is C17H25FN2O4S. The van der Waals surface area contributed by atoms with Gasteiger partial charge in [-0.3, -0.25) is 0 Å². The molecule has 1 aliphatic heterocycles. The Morgan fingerprint density at radius 3 is 2.76 bits per heavy atom. The third kappa shape index (κ3) is 4.77. The molecule has 0 saturated carbocycles. The van der Waals surface area contributed by atoms with Crippen LogP contribution >= 0.6 is 0 Å². The van der Waals surface area contributed by atoms with Gasteiger partial charge in [0.15, 0.2) is 0 Å². The first-order valence-electron chi connectivity index (χ1n) is 8.03. The summed E-state index contributed by atoms with van der Waals surface area (Å²) >= 11 is -1.31. The van der Waals surface area contributed by atoms with E-state index in [-0.39, 0.29) is 12.6 Å². The van der Waals surface area contributed by atoms with E-state index in [0.717, 1.165) is 0 Å². The molecule has 1 aromatic carbocycles. The molecule has 0 spiro atoms. The van der Waals surface area contributed by atoms with Crippen molar-refractivity contribution < 1.29 is 23.2 Å². The largest absolute Gasteiger partial charge is 0.598 e. The molecule has 0 saturated heterocycles. The van der Waals surface area contributed by atoms with Crippen LogP contribution in [0, 0.1) is 5.82 Å². The Morgan fingerprint density at radius 1 is 1.56 bits per heavy atom. The van der Waals surface area contributed by atoms with Crippen molar-refractivity contribution in [2.24, 2.45) is 5.73 Å². The molecule has 1 amide bonds. The second-order valence-electron chi connectivity index (χ2n) is 7.54. The molecule has 8 heteroatoms. The van der Waals surface area contributed by atoms with Gasteiger partial charge in [-0.2, -0.15) is 0 Å². The lowest BCUT2D eigenvalue weighted by atomic mass is 9.98. The van der Waals surface area contributed by atoms with Gasteiger partial charge >= 0.3 is 6.09 Å². The zero-order valence-electron chi connectivity index (χ0n) is 15.1. The summed E-state index contributed by atoms with van der Waals surface area (Å²) in [5.74, 6) is 0.135. The van der Waals surface area contributed by atoms with Gasteiger partial charge in [-0.1, -0.05) is 0 Å². The maximum atomic E-state index is 14.1. The molecule has 0 bridgehead atoms. The Labute approximate surface area is 150 Å². The van der Waals surface area contributed by atoms with Crippen molar-refractivity contribution in [1.82, 2.24) is 4.72 Å². The molecule has 0 aromatic heterocycles. The molecule has 0 radical (unpaired) electrons. The highest BCUT2D eigenvalue weighted by Crippen LogP contribution is 2.41. The number of halogens is 1. The lowest BCUT2D eigenvalue weighted by Gasteiger charge is -2.28. The Bertz CT molecular complexity index is 665. The minimum absolute atomic E-state index is 0.0339. The molecule has 0 aliphatic carbocycles. The molecule has 1 aromatic rings. The molecule has 0 fully saturated rings. The summed E-state index contributed by atoms with van der Waals surface area (Å²) in [6.07, 6.45) is -0.502. The summed E-state index contributed by atoms with van der Waals surface area (Å²) in [5, 5.41) is 0. The van der Waals surface area contributed by atoms with E-state index in [1.54, 1.807) is 13.8 Å². The van der Waals surface area contributed by atoms with Crippen LogP contribution in [0.25, 0.3) is 0 Å². The van der Waals surface area contributed by atoms with E-state index >= 15 is 0 Å². The lowest BCUT2D eigenvalue weighted by molar-refractivity contribution is 0.0313. The van der Waals surface area contributed by atoms with Crippen LogP contribution in [0.3, 0.4) is 0 Å². The number of primary amides is 1. The van der Waals surface area contributed by atoms with Gasteiger partial charge in [0.2, 0.25) is 0 Å². The summed E-state index contributed by atoms with van der Waals surface area (Å²) in [6, 6.07) is 2.39. The van der Waals surface area contributed by atoms with Crippen LogP contribution in [-0.2, 0) is 22.5 Å².